The molecular weight excluding hydrogens is 546 g/mol. The van der Waals surface area contributed by atoms with Gasteiger partial charge in [0.15, 0.2) is 0 Å². The predicted octanol–water partition coefficient (Wildman–Crippen LogP) is 12.0. The first kappa shape index (κ1) is 25.5. The highest BCUT2D eigenvalue weighted by molar-refractivity contribution is 6.21. The molecule has 0 bridgehead atoms. The van der Waals surface area contributed by atoms with E-state index in [-0.39, 0.29) is 0 Å². The lowest BCUT2D eigenvalue weighted by Gasteiger charge is -2.17. The van der Waals surface area contributed by atoms with Crippen LogP contribution in [0.3, 0.4) is 0 Å². The van der Waals surface area contributed by atoms with Crippen molar-refractivity contribution in [3.63, 3.8) is 0 Å². The molecule has 0 unspecified atom stereocenters. The van der Waals surface area contributed by atoms with Gasteiger partial charge in [-0.05, 0) is 73.6 Å². The van der Waals surface area contributed by atoms with Crippen LogP contribution in [0, 0.1) is 0 Å². The molecule has 2 nitrogen and oxygen atoms in total. The Morgan fingerprint density at radius 1 is 0.333 bits per heavy atom. The second kappa shape index (κ2) is 10.3. The maximum absolute atomic E-state index is 6.16. The van der Waals surface area contributed by atoms with Gasteiger partial charge in [-0.3, -0.25) is 4.98 Å². The smallest absolute Gasteiger partial charge is 0.136 e. The van der Waals surface area contributed by atoms with E-state index in [1.807, 2.05) is 18.3 Å². The van der Waals surface area contributed by atoms with Crippen LogP contribution < -0.4 is 0 Å². The SMILES string of the molecule is c1ccc(-c2ccc(-c3c4ccccc4c(-c4ccc(-c5ccc6c(c5)oc5ccccc56)cn4)c4ccccc34)cc2)cc1. The van der Waals surface area contributed by atoms with Crippen molar-refractivity contribution in [1.82, 2.24) is 4.98 Å². The number of furan rings is 1. The van der Waals surface area contributed by atoms with E-state index in [4.69, 9.17) is 9.40 Å². The van der Waals surface area contributed by atoms with Crippen molar-refractivity contribution in [3.05, 3.63) is 164 Å². The van der Waals surface area contributed by atoms with Crippen molar-refractivity contribution in [3.8, 4) is 44.6 Å². The van der Waals surface area contributed by atoms with Gasteiger partial charge in [-0.2, -0.15) is 0 Å². The molecule has 0 spiro atoms. The van der Waals surface area contributed by atoms with Gasteiger partial charge in [0.2, 0.25) is 0 Å². The molecule has 0 amide bonds. The Labute approximate surface area is 260 Å². The Balaban J connectivity index is 1.17. The van der Waals surface area contributed by atoms with Crippen LogP contribution >= 0.6 is 0 Å². The Bertz CT molecular complexity index is 2450. The third-order valence-electron chi connectivity index (χ3n) is 8.94. The lowest BCUT2D eigenvalue weighted by atomic mass is 9.87. The number of hydrogen-bond donors (Lipinski definition) is 0. The summed E-state index contributed by atoms with van der Waals surface area (Å²) in [5, 5.41) is 7.11. The average molecular weight is 574 g/mol. The van der Waals surface area contributed by atoms with E-state index in [1.165, 1.54) is 43.8 Å². The average Bonchev–Trinajstić information content (AvgIpc) is 3.49. The molecule has 0 radical (unpaired) electrons. The van der Waals surface area contributed by atoms with E-state index in [0.717, 1.165) is 44.3 Å². The first-order valence-corrected chi connectivity index (χ1v) is 15.3. The lowest BCUT2D eigenvalue weighted by molar-refractivity contribution is 0.669. The van der Waals surface area contributed by atoms with E-state index in [1.54, 1.807) is 0 Å². The molecule has 2 heteroatoms. The first-order valence-electron chi connectivity index (χ1n) is 15.3. The van der Waals surface area contributed by atoms with E-state index < -0.39 is 0 Å². The van der Waals surface area contributed by atoms with Crippen molar-refractivity contribution in [2.45, 2.75) is 0 Å². The summed E-state index contributed by atoms with van der Waals surface area (Å²) in [6, 6.07) is 55.9. The summed E-state index contributed by atoms with van der Waals surface area (Å²) in [6.45, 7) is 0. The number of fused-ring (bicyclic) bond motifs is 5. The zero-order chi connectivity index (χ0) is 29.7. The molecule has 9 aromatic rings. The van der Waals surface area contributed by atoms with Crippen molar-refractivity contribution in [1.29, 1.82) is 0 Å². The Morgan fingerprint density at radius 3 is 1.51 bits per heavy atom. The highest BCUT2D eigenvalue weighted by Gasteiger charge is 2.17. The van der Waals surface area contributed by atoms with Gasteiger partial charge in [-0.1, -0.05) is 133 Å². The molecule has 0 aliphatic rings. The fraction of sp³-hybridized carbons (Fsp3) is 0. The third kappa shape index (κ3) is 4.22. The van der Waals surface area contributed by atoms with E-state index >= 15 is 0 Å². The lowest BCUT2D eigenvalue weighted by Crippen LogP contribution is -1.92. The van der Waals surface area contributed by atoms with Gasteiger partial charge < -0.3 is 4.42 Å². The van der Waals surface area contributed by atoms with Gasteiger partial charge in [0.1, 0.15) is 11.2 Å². The van der Waals surface area contributed by atoms with Crippen molar-refractivity contribution >= 4 is 43.5 Å². The Kier molecular flexibility index (Phi) is 5.85. The second-order valence-electron chi connectivity index (χ2n) is 11.5. The topological polar surface area (TPSA) is 26.0 Å². The minimum atomic E-state index is 0.891. The molecular formula is C43H27NO. The molecule has 0 saturated heterocycles. The van der Waals surface area contributed by atoms with E-state index in [2.05, 4.69) is 146 Å². The first-order chi connectivity index (χ1) is 22.3. The number of nitrogens with zero attached hydrogens (tertiary/aromatic N) is 1. The van der Waals surface area contributed by atoms with Crippen LogP contribution in [0.2, 0.25) is 0 Å². The van der Waals surface area contributed by atoms with Crippen LogP contribution in [-0.2, 0) is 0 Å². The van der Waals surface area contributed by atoms with Crippen molar-refractivity contribution < 1.29 is 4.42 Å². The monoisotopic (exact) mass is 573 g/mol. The summed E-state index contributed by atoms with van der Waals surface area (Å²) in [4.78, 5) is 5.07. The van der Waals surface area contributed by atoms with Crippen LogP contribution in [0.1, 0.15) is 0 Å². The van der Waals surface area contributed by atoms with Gasteiger partial charge in [0.05, 0.1) is 5.69 Å². The zero-order valence-corrected chi connectivity index (χ0v) is 24.4. The summed E-state index contributed by atoms with van der Waals surface area (Å²) in [7, 11) is 0. The summed E-state index contributed by atoms with van der Waals surface area (Å²) >= 11 is 0. The van der Waals surface area contributed by atoms with Gasteiger partial charge in [-0.15, -0.1) is 0 Å². The summed E-state index contributed by atoms with van der Waals surface area (Å²) in [6.07, 6.45) is 1.99. The summed E-state index contributed by atoms with van der Waals surface area (Å²) in [5.74, 6) is 0. The maximum atomic E-state index is 6.16. The van der Waals surface area contributed by atoms with Crippen LogP contribution in [0.25, 0.3) is 88.1 Å². The highest BCUT2D eigenvalue weighted by atomic mass is 16.3. The Hall–Kier alpha value is -5.99. The molecule has 0 aliphatic heterocycles. The third-order valence-corrected chi connectivity index (χ3v) is 8.94. The highest BCUT2D eigenvalue weighted by Crippen LogP contribution is 2.43. The minimum absolute atomic E-state index is 0.891. The standard InChI is InChI=1S/C43H27NO/c1-2-10-28(11-3-1)29-18-20-30(21-19-29)42-35-13-4-6-15-37(35)43(38-16-7-5-14-36(38)42)39-25-23-32(27-44-39)31-22-24-34-33-12-8-9-17-40(33)45-41(34)26-31/h1-27H. The molecule has 7 aromatic carbocycles. The molecule has 9 rings (SSSR count). The van der Waals surface area contributed by atoms with Crippen LogP contribution in [-0.4, -0.2) is 4.98 Å². The molecule has 0 aliphatic carbocycles. The quantitative estimate of drug-likeness (QED) is 0.196. The van der Waals surface area contributed by atoms with Crippen LogP contribution in [0.5, 0.6) is 0 Å². The normalized spacial score (nSPS) is 11.6. The number of hydrogen-bond acceptors (Lipinski definition) is 2. The van der Waals surface area contributed by atoms with Crippen LogP contribution in [0.15, 0.2) is 168 Å². The Morgan fingerprint density at radius 2 is 0.844 bits per heavy atom. The molecule has 2 heterocycles. The summed E-state index contributed by atoms with van der Waals surface area (Å²) < 4.78 is 6.16. The number of para-hydroxylation sites is 1. The molecule has 2 aromatic heterocycles. The van der Waals surface area contributed by atoms with Crippen molar-refractivity contribution in [2.24, 2.45) is 0 Å². The molecule has 45 heavy (non-hydrogen) atoms. The fourth-order valence-corrected chi connectivity index (χ4v) is 6.79. The van der Waals surface area contributed by atoms with Crippen molar-refractivity contribution in [2.75, 3.05) is 0 Å². The molecule has 210 valence electrons. The van der Waals surface area contributed by atoms with Gasteiger partial charge >= 0.3 is 0 Å². The largest absolute Gasteiger partial charge is 0.456 e. The van der Waals surface area contributed by atoms with Crippen LogP contribution in [0.4, 0.5) is 0 Å². The number of aromatic nitrogens is 1. The maximum Gasteiger partial charge on any atom is 0.136 e. The molecule has 0 atom stereocenters. The van der Waals surface area contributed by atoms with Gasteiger partial charge in [-0.25, -0.2) is 0 Å². The van der Waals surface area contributed by atoms with E-state index in [0.29, 0.717) is 0 Å². The predicted molar refractivity (Wildman–Crippen MR) is 188 cm³/mol. The minimum Gasteiger partial charge on any atom is -0.456 e. The summed E-state index contributed by atoms with van der Waals surface area (Å²) in [5.41, 5.74) is 11.0. The second-order valence-corrected chi connectivity index (χ2v) is 11.5. The van der Waals surface area contributed by atoms with E-state index in [9.17, 15) is 0 Å². The molecule has 0 N–H and O–H groups in total. The van der Waals surface area contributed by atoms with Gasteiger partial charge in [0.25, 0.3) is 0 Å². The number of rotatable bonds is 4. The fourth-order valence-electron chi connectivity index (χ4n) is 6.79. The zero-order valence-electron chi connectivity index (χ0n) is 24.4. The van der Waals surface area contributed by atoms with Gasteiger partial charge in [0, 0.05) is 28.1 Å². The molecule has 0 saturated carbocycles. The molecule has 0 fully saturated rings. The number of benzene rings is 7. The number of pyridine rings is 1.